The van der Waals surface area contributed by atoms with Gasteiger partial charge in [0.2, 0.25) is 0 Å². The molecule has 0 unspecified atom stereocenters. The lowest BCUT2D eigenvalue weighted by molar-refractivity contribution is 0.0697. The molecule has 6 nitrogen and oxygen atoms in total. The molecule has 0 amide bonds. The fraction of sp³-hybridized carbons (Fsp3) is 0.238. The van der Waals surface area contributed by atoms with Crippen LogP contribution in [-0.4, -0.2) is 34.5 Å². The number of rotatable bonds is 5. The van der Waals surface area contributed by atoms with Crippen LogP contribution in [0.4, 0.5) is 0 Å². The molecule has 2 N–H and O–H groups in total. The third-order valence-electron chi connectivity index (χ3n) is 4.97. The summed E-state index contributed by atoms with van der Waals surface area (Å²) in [6.45, 7) is 1.58. The summed E-state index contributed by atoms with van der Waals surface area (Å²) in [4.78, 5) is 11.4. The second-order valence-corrected chi connectivity index (χ2v) is 7.11. The van der Waals surface area contributed by atoms with Crippen LogP contribution in [-0.2, 0) is 19.4 Å². The molecule has 28 heavy (non-hydrogen) atoms. The Balaban J connectivity index is 1.77. The molecule has 4 rings (SSSR count). The van der Waals surface area contributed by atoms with Crippen LogP contribution in [0, 0.1) is 0 Å². The second kappa shape index (κ2) is 7.66. The first-order chi connectivity index (χ1) is 13.6. The number of benzene rings is 2. The maximum Gasteiger partial charge on any atom is 0.335 e. The normalized spacial score (nSPS) is 13.2. The first-order valence-corrected chi connectivity index (χ1v) is 9.41. The Morgan fingerprint density at radius 3 is 2.79 bits per heavy atom. The van der Waals surface area contributed by atoms with E-state index in [-0.39, 0.29) is 5.56 Å². The number of carbonyl (C=O) groups is 1. The molecule has 0 saturated carbocycles. The summed E-state index contributed by atoms with van der Waals surface area (Å²) in [7, 11) is 1.65. The summed E-state index contributed by atoms with van der Waals surface area (Å²) in [6, 6.07) is 12.6. The highest BCUT2D eigenvalue weighted by molar-refractivity contribution is 6.32. The Bertz CT molecular complexity index is 1030. The molecule has 1 aliphatic rings. The van der Waals surface area contributed by atoms with Crippen molar-refractivity contribution in [3.05, 3.63) is 75.6 Å². The molecule has 0 saturated heterocycles. The minimum Gasteiger partial charge on any atom is -0.497 e. The molecule has 1 aliphatic heterocycles. The molecule has 0 fully saturated rings. The van der Waals surface area contributed by atoms with Crippen LogP contribution in [0.2, 0.25) is 5.02 Å². The van der Waals surface area contributed by atoms with Gasteiger partial charge >= 0.3 is 5.97 Å². The van der Waals surface area contributed by atoms with E-state index in [0.29, 0.717) is 17.1 Å². The van der Waals surface area contributed by atoms with Gasteiger partial charge < -0.3 is 15.2 Å². The van der Waals surface area contributed by atoms with Gasteiger partial charge in [-0.15, -0.1) is 0 Å². The smallest absolute Gasteiger partial charge is 0.335 e. The van der Waals surface area contributed by atoms with E-state index in [9.17, 15) is 9.90 Å². The fourth-order valence-electron chi connectivity index (χ4n) is 3.50. The van der Waals surface area contributed by atoms with Gasteiger partial charge in [-0.3, -0.25) is 0 Å². The molecule has 0 radical (unpaired) electrons. The summed E-state index contributed by atoms with van der Waals surface area (Å²) in [6.07, 6.45) is 1.48. The zero-order chi connectivity index (χ0) is 19.7. The molecule has 0 atom stereocenters. The number of aromatic nitrogens is 2. The molecule has 0 bridgehead atoms. The minimum atomic E-state index is -0.987. The summed E-state index contributed by atoms with van der Waals surface area (Å²) >= 11 is 6.40. The van der Waals surface area contributed by atoms with E-state index >= 15 is 0 Å². The lowest BCUT2D eigenvalue weighted by Crippen LogP contribution is -2.25. The number of nitrogens with zero attached hydrogens (tertiary/aromatic N) is 2. The Kier molecular flexibility index (Phi) is 5.07. The maximum absolute atomic E-state index is 11.4. The molecular formula is C21H20ClN3O3. The highest BCUT2D eigenvalue weighted by Crippen LogP contribution is 2.28. The van der Waals surface area contributed by atoms with Crippen molar-refractivity contribution < 1.29 is 14.6 Å². The topological polar surface area (TPSA) is 76.4 Å². The van der Waals surface area contributed by atoms with Crippen molar-refractivity contribution in [2.24, 2.45) is 0 Å². The van der Waals surface area contributed by atoms with Gasteiger partial charge in [-0.2, -0.15) is 5.10 Å². The standard InChI is InChI=1S/C21H20ClN3O3/c1-28-15-5-2-13(3-6-15)10-18-16-12-23-9-8-19(16)25(24-18)20-11-14(21(26)27)4-7-17(20)22/h2-7,11,23H,8-10,12H2,1H3,(H,26,27). The highest BCUT2D eigenvalue weighted by atomic mass is 35.5. The first-order valence-electron chi connectivity index (χ1n) is 9.03. The van der Waals surface area contributed by atoms with Gasteiger partial charge in [-0.05, 0) is 35.9 Å². The van der Waals surface area contributed by atoms with Crippen LogP contribution in [0.1, 0.15) is 32.9 Å². The van der Waals surface area contributed by atoms with Gasteiger partial charge in [0, 0.05) is 31.5 Å². The molecule has 1 aromatic heterocycles. The van der Waals surface area contributed by atoms with Gasteiger partial charge in [-0.25, -0.2) is 9.48 Å². The number of carboxylic acids is 1. The van der Waals surface area contributed by atoms with Crippen LogP contribution >= 0.6 is 11.6 Å². The van der Waals surface area contributed by atoms with Crippen molar-refractivity contribution in [2.45, 2.75) is 19.4 Å². The van der Waals surface area contributed by atoms with E-state index in [0.717, 1.165) is 47.8 Å². The molecule has 0 spiro atoms. The van der Waals surface area contributed by atoms with E-state index in [1.54, 1.807) is 19.2 Å². The lowest BCUT2D eigenvalue weighted by atomic mass is 10.0. The number of methoxy groups -OCH3 is 1. The zero-order valence-corrected chi connectivity index (χ0v) is 16.2. The lowest BCUT2D eigenvalue weighted by Gasteiger charge is -2.16. The van der Waals surface area contributed by atoms with E-state index in [2.05, 4.69) is 5.32 Å². The van der Waals surface area contributed by atoms with Crippen molar-refractivity contribution >= 4 is 17.6 Å². The van der Waals surface area contributed by atoms with Crippen molar-refractivity contribution in [2.75, 3.05) is 13.7 Å². The zero-order valence-electron chi connectivity index (χ0n) is 15.4. The number of carboxylic acid groups (broad SMARTS) is 1. The molecule has 2 aromatic carbocycles. The monoisotopic (exact) mass is 397 g/mol. The Morgan fingerprint density at radius 1 is 1.29 bits per heavy atom. The summed E-state index contributed by atoms with van der Waals surface area (Å²) in [5, 5.41) is 18.0. The van der Waals surface area contributed by atoms with E-state index < -0.39 is 5.97 Å². The van der Waals surface area contributed by atoms with Gasteiger partial charge in [0.15, 0.2) is 0 Å². The number of hydrogen-bond donors (Lipinski definition) is 2. The van der Waals surface area contributed by atoms with Gasteiger partial charge in [0.1, 0.15) is 5.75 Å². The average Bonchev–Trinajstić information content (AvgIpc) is 3.07. The van der Waals surface area contributed by atoms with Crippen molar-refractivity contribution in [1.29, 1.82) is 0 Å². The van der Waals surface area contributed by atoms with E-state index in [1.165, 1.54) is 6.07 Å². The first kappa shape index (κ1) is 18.5. The quantitative estimate of drug-likeness (QED) is 0.689. The Labute approximate surface area is 167 Å². The molecule has 2 heterocycles. The number of nitrogens with one attached hydrogen (secondary N) is 1. The van der Waals surface area contributed by atoms with Crippen LogP contribution in [0.3, 0.4) is 0 Å². The number of ether oxygens (including phenoxy) is 1. The van der Waals surface area contributed by atoms with Crippen molar-refractivity contribution in [3.8, 4) is 11.4 Å². The van der Waals surface area contributed by atoms with Crippen molar-refractivity contribution in [1.82, 2.24) is 15.1 Å². The van der Waals surface area contributed by atoms with Crippen LogP contribution < -0.4 is 10.1 Å². The van der Waals surface area contributed by atoms with Crippen LogP contribution in [0.15, 0.2) is 42.5 Å². The van der Waals surface area contributed by atoms with Gasteiger partial charge in [0.05, 0.1) is 34.8 Å². The maximum atomic E-state index is 11.4. The van der Waals surface area contributed by atoms with E-state index in [1.807, 2.05) is 28.9 Å². The van der Waals surface area contributed by atoms with Gasteiger partial charge in [-0.1, -0.05) is 23.7 Å². The average molecular weight is 398 g/mol. The molecule has 0 aliphatic carbocycles. The number of fused-ring (bicyclic) bond motifs is 1. The summed E-state index contributed by atoms with van der Waals surface area (Å²) < 4.78 is 7.03. The third kappa shape index (κ3) is 3.48. The number of aromatic carboxylic acids is 1. The fourth-order valence-corrected chi connectivity index (χ4v) is 3.70. The summed E-state index contributed by atoms with van der Waals surface area (Å²) in [5.41, 5.74) is 5.11. The Hall–Kier alpha value is -2.83. The van der Waals surface area contributed by atoms with Crippen LogP contribution in [0.5, 0.6) is 5.75 Å². The van der Waals surface area contributed by atoms with Gasteiger partial charge in [0.25, 0.3) is 0 Å². The predicted octanol–water partition coefficient (Wildman–Crippen LogP) is 3.47. The number of hydrogen-bond acceptors (Lipinski definition) is 4. The molecule has 3 aromatic rings. The molecule has 7 heteroatoms. The molecule has 144 valence electrons. The third-order valence-corrected chi connectivity index (χ3v) is 5.28. The highest BCUT2D eigenvalue weighted by Gasteiger charge is 2.23. The Morgan fingerprint density at radius 2 is 2.07 bits per heavy atom. The van der Waals surface area contributed by atoms with E-state index in [4.69, 9.17) is 21.4 Å². The molecular weight excluding hydrogens is 378 g/mol. The minimum absolute atomic E-state index is 0.189. The summed E-state index contributed by atoms with van der Waals surface area (Å²) in [5.74, 6) is -0.172. The van der Waals surface area contributed by atoms with Crippen LogP contribution in [0.25, 0.3) is 5.69 Å². The SMILES string of the molecule is COc1ccc(Cc2nn(-c3cc(C(=O)O)ccc3Cl)c3c2CNCC3)cc1. The van der Waals surface area contributed by atoms with Crippen molar-refractivity contribution in [3.63, 3.8) is 0 Å². The second-order valence-electron chi connectivity index (χ2n) is 6.71. The predicted molar refractivity (Wildman–Crippen MR) is 107 cm³/mol. The largest absolute Gasteiger partial charge is 0.497 e. The number of halogens is 1.